The molecule has 0 radical (unpaired) electrons. The molecule has 0 bridgehead atoms. The first-order valence-electron chi connectivity index (χ1n) is 10.0. The summed E-state index contributed by atoms with van der Waals surface area (Å²) in [5.74, 6) is 0. The molecule has 2 atom stereocenters. The van der Waals surface area contributed by atoms with Gasteiger partial charge in [-0.3, -0.25) is 0 Å². The maximum absolute atomic E-state index is 3.94. The Labute approximate surface area is 135 Å². The minimum absolute atomic E-state index is 0.757. The largest absolute Gasteiger partial charge is 0.311 e. The molecule has 0 amide bonds. The molecule has 0 fully saturated rings. The zero-order chi connectivity index (χ0) is 15.8. The van der Waals surface area contributed by atoms with E-state index in [0.717, 1.165) is 12.1 Å². The third kappa shape index (κ3) is 13.4. The van der Waals surface area contributed by atoms with Crippen LogP contribution in [0.2, 0.25) is 0 Å². The van der Waals surface area contributed by atoms with E-state index in [2.05, 4.69) is 33.0 Å². The Morgan fingerprint density at radius 3 is 1.24 bits per heavy atom. The van der Waals surface area contributed by atoms with Crippen LogP contribution in [-0.2, 0) is 0 Å². The Balaban J connectivity index is 3.73. The van der Waals surface area contributed by atoms with Gasteiger partial charge in [0.15, 0.2) is 0 Å². The summed E-state index contributed by atoms with van der Waals surface area (Å²) in [5, 5.41) is 3.94. The average molecular weight is 298 g/mol. The molecular formula is C20H43N. The van der Waals surface area contributed by atoms with Crippen LogP contribution >= 0.6 is 0 Å². The highest BCUT2D eigenvalue weighted by Crippen LogP contribution is 2.13. The number of hydrogen-bond donors (Lipinski definition) is 1. The number of unbranched alkanes of at least 4 members (excludes halogenated alkanes) is 8. The molecule has 0 aromatic rings. The van der Waals surface area contributed by atoms with E-state index >= 15 is 0 Å². The van der Waals surface area contributed by atoms with E-state index in [-0.39, 0.29) is 0 Å². The van der Waals surface area contributed by atoms with Gasteiger partial charge in [0, 0.05) is 12.1 Å². The van der Waals surface area contributed by atoms with Crippen LogP contribution in [0.3, 0.4) is 0 Å². The van der Waals surface area contributed by atoms with Gasteiger partial charge in [0.1, 0.15) is 0 Å². The lowest BCUT2D eigenvalue weighted by molar-refractivity contribution is 0.357. The summed E-state index contributed by atoms with van der Waals surface area (Å²) in [5.41, 5.74) is 0. The van der Waals surface area contributed by atoms with Crippen molar-refractivity contribution in [1.29, 1.82) is 0 Å². The minimum Gasteiger partial charge on any atom is -0.311 e. The molecule has 0 heterocycles. The number of hydrogen-bond acceptors (Lipinski definition) is 1. The molecule has 1 heteroatoms. The third-order valence-electron chi connectivity index (χ3n) is 4.77. The smallest absolute Gasteiger partial charge is 0.00670 e. The van der Waals surface area contributed by atoms with Crippen molar-refractivity contribution in [3.8, 4) is 0 Å². The van der Waals surface area contributed by atoms with Crippen LogP contribution in [0.5, 0.6) is 0 Å². The van der Waals surface area contributed by atoms with Crippen LogP contribution in [0.15, 0.2) is 0 Å². The monoisotopic (exact) mass is 297 g/mol. The Morgan fingerprint density at radius 2 is 0.905 bits per heavy atom. The van der Waals surface area contributed by atoms with Crippen LogP contribution < -0.4 is 5.32 Å². The van der Waals surface area contributed by atoms with Gasteiger partial charge >= 0.3 is 0 Å². The van der Waals surface area contributed by atoms with Gasteiger partial charge in [-0.1, -0.05) is 91.9 Å². The molecular weight excluding hydrogens is 254 g/mol. The van der Waals surface area contributed by atoms with Crippen molar-refractivity contribution < 1.29 is 0 Å². The zero-order valence-corrected chi connectivity index (χ0v) is 15.6. The highest BCUT2D eigenvalue weighted by atomic mass is 14.9. The first-order chi connectivity index (χ1) is 10.3. The standard InChI is InChI=1S/C20H43N/c1-5-9-11-13-15-17-19(7-3)21-20(8-4)18-16-14-12-10-6-2/h19-21H,5-18H2,1-4H3. The molecule has 2 unspecified atom stereocenters. The maximum atomic E-state index is 3.94. The fraction of sp³-hybridized carbons (Fsp3) is 1.00. The van der Waals surface area contributed by atoms with E-state index in [4.69, 9.17) is 0 Å². The molecule has 0 aliphatic carbocycles. The average Bonchev–Trinajstić information content (AvgIpc) is 2.51. The van der Waals surface area contributed by atoms with Gasteiger partial charge in [-0.05, 0) is 25.7 Å². The second-order valence-corrected chi connectivity index (χ2v) is 6.78. The summed E-state index contributed by atoms with van der Waals surface area (Å²) in [6, 6.07) is 1.51. The van der Waals surface area contributed by atoms with Gasteiger partial charge in [-0.15, -0.1) is 0 Å². The Hall–Kier alpha value is -0.0400. The van der Waals surface area contributed by atoms with E-state index in [1.807, 2.05) is 0 Å². The highest BCUT2D eigenvalue weighted by molar-refractivity contribution is 4.73. The van der Waals surface area contributed by atoms with E-state index in [1.54, 1.807) is 0 Å². The van der Waals surface area contributed by atoms with E-state index in [9.17, 15) is 0 Å². The molecule has 0 rings (SSSR count). The summed E-state index contributed by atoms with van der Waals surface area (Å²) < 4.78 is 0. The predicted octanol–water partition coefficient (Wildman–Crippen LogP) is 6.85. The predicted molar refractivity (Wildman–Crippen MR) is 98.0 cm³/mol. The van der Waals surface area contributed by atoms with Crippen LogP contribution in [0, 0.1) is 0 Å². The first-order valence-corrected chi connectivity index (χ1v) is 10.0. The first kappa shape index (κ1) is 21.0. The van der Waals surface area contributed by atoms with Gasteiger partial charge < -0.3 is 5.32 Å². The highest BCUT2D eigenvalue weighted by Gasteiger charge is 2.12. The van der Waals surface area contributed by atoms with Gasteiger partial charge in [0.05, 0.1) is 0 Å². The van der Waals surface area contributed by atoms with E-state index in [1.165, 1.54) is 89.9 Å². The molecule has 0 saturated carbocycles. The second kappa shape index (κ2) is 16.3. The minimum atomic E-state index is 0.757. The van der Waals surface area contributed by atoms with E-state index < -0.39 is 0 Å². The number of rotatable bonds is 16. The van der Waals surface area contributed by atoms with Crippen molar-refractivity contribution in [2.45, 2.75) is 130 Å². The molecule has 0 aliphatic rings. The number of nitrogens with one attached hydrogen (secondary N) is 1. The lowest BCUT2D eigenvalue weighted by Gasteiger charge is -2.24. The third-order valence-corrected chi connectivity index (χ3v) is 4.77. The summed E-state index contributed by atoms with van der Waals surface area (Å²) in [7, 11) is 0. The molecule has 1 nitrogen and oxygen atoms in total. The summed E-state index contributed by atoms with van der Waals surface area (Å²) in [4.78, 5) is 0. The van der Waals surface area contributed by atoms with Crippen molar-refractivity contribution in [3.05, 3.63) is 0 Å². The maximum Gasteiger partial charge on any atom is 0.00670 e. The van der Waals surface area contributed by atoms with Crippen molar-refractivity contribution in [2.75, 3.05) is 0 Å². The van der Waals surface area contributed by atoms with Gasteiger partial charge in [-0.25, -0.2) is 0 Å². The van der Waals surface area contributed by atoms with Gasteiger partial charge in [-0.2, -0.15) is 0 Å². The van der Waals surface area contributed by atoms with Crippen LogP contribution in [0.1, 0.15) is 118 Å². The summed E-state index contributed by atoms with van der Waals surface area (Å²) in [6.07, 6.45) is 19.4. The molecule has 0 aliphatic heterocycles. The molecule has 0 aromatic carbocycles. The van der Waals surface area contributed by atoms with E-state index in [0.29, 0.717) is 0 Å². The molecule has 0 spiro atoms. The second-order valence-electron chi connectivity index (χ2n) is 6.78. The molecule has 128 valence electrons. The Morgan fingerprint density at radius 1 is 0.524 bits per heavy atom. The molecule has 0 aromatic heterocycles. The van der Waals surface area contributed by atoms with Crippen LogP contribution in [0.25, 0.3) is 0 Å². The van der Waals surface area contributed by atoms with Crippen molar-refractivity contribution in [3.63, 3.8) is 0 Å². The van der Waals surface area contributed by atoms with Crippen LogP contribution in [-0.4, -0.2) is 12.1 Å². The van der Waals surface area contributed by atoms with Crippen molar-refractivity contribution in [1.82, 2.24) is 5.32 Å². The molecule has 21 heavy (non-hydrogen) atoms. The van der Waals surface area contributed by atoms with Crippen molar-refractivity contribution in [2.24, 2.45) is 0 Å². The quantitative estimate of drug-likeness (QED) is 0.307. The lowest BCUT2D eigenvalue weighted by atomic mass is 10.0. The normalized spacial score (nSPS) is 14.3. The fourth-order valence-electron chi connectivity index (χ4n) is 3.13. The molecule has 0 saturated heterocycles. The van der Waals surface area contributed by atoms with Gasteiger partial charge in [0.25, 0.3) is 0 Å². The SMILES string of the molecule is CCCCCCCC(CC)NC(CC)CCCCCCC. The van der Waals surface area contributed by atoms with Gasteiger partial charge in [0.2, 0.25) is 0 Å². The molecule has 1 N–H and O–H groups in total. The Bertz CT molecular complexity index is 170. The fourth-order valence-corrected chi connectivity index (χ4v) is 3.13. The summed E-state index contributed by atoms with van der Waals surface area (Å²) >= 11 is 0. The summed E-state index contributed by atoms with van der Waals surface area (Å²) in [6.45, 7) is 9.28. The van der Waals surface area contributed by atoms with Crippen molar-refractivity contribution >= 4 is 0 Å². The van der Waals surface area contributed by atoms with Crippen LogP contribution in [0.4, 0.5) is 0 Å². The topological polar surface area (TPSA) is 12.0 Å². The Kier molecular flexibility index (Phi) is 16.3. The lowest BCUT2D eigenvalue weighted by Crippen LogP contribution is -2.37. The zero-order valence-electron chi connectivity index (χ0n) is 15.6.